The molecule has 1 aliphatic rings. The van der Waals surface area contributed by atoms with Crippen molar-refractivity contribution >= 4 is 0 Å². The first-order valence-corrected chi connectivity index (χ1v) is 5.79. The predicted molar refractivity (Wildman–Crippen MR) is 63.2 cm³/mol. The van der Waals surface area contributed by atoms with Crippen LogP contribution in [-0.4, -0.2) is 30.0 Å². The summed E-state index contributed by atoms with van der Waals surface area (Å²) in [7, 11) is 2.22. The predicted octanol–water partition coefficient (Wildman–Crippen LogP) is 2.51. The molecule has 1 atom stereocenters. The van der Waals surface area contributed by atoms with E-state index in [0.29, 0.717) is 5.92 Å². The lowest BCUT2D eigenvalue weighted by molar-refractivity contribution is 0.250. The van der Waals surface area contributed by atoms with Gasteiger partial charge < -0.3 is 4.90 Å². The summed E-state index contributed by atoms with van der Waals surface area (Å²) in [6.45, 7) is 6.62. The number of aryl methyl sites for hydroxylation is 2. The van der Waals surface area contributed by atoms with Gasteiger partial charge in [0.05, 0.1) is 0 Å². The van der Waals surface area contributed by atoms with Crippen molar-refractivity contribution in [2.45, 2.75) is 32.6 Å². The lowest BCUT2D eigenvalue weighted by Gasteiger charge is -2.30. The molecule has 0 aromatic carbocycles. The Morgan fingerprint density at radius 1 is 1.27 bits per heavy atom. The van der Waals surface area contributed by atoms with Crippen molar-refractivity contribution in [3.63, 3.8) is 0 Å². The molecular formula is C13H20N2. The number of piperidine rings is 1. The van der Waals surface area contributed by atoms with Crippen molar-refractivity contribution in [1.29, 1.82) is 0 Å². The van der Waals surface area contributed by atoms with E-state index in [4.69, 9.17) is 0 Å². The smallest absolute Gasteiger partial charge is 0.0378 e. The molecule has 1 aromatic heterocycles. The van der Waals surface area contributed by atoms with Crippen LogP contribution < -0.4 is 0 Å². The number of likely N-dealkylation sites (N-methyl/N-ethyl adjacent to an activating group) is 1. The fraction of sp³-hybridized carbons (Fsp3) is 0.615. The summed E-state index contributed by atoms with van der Waals surface area (Å²) in [5, 5.41) is 0. The molecule has 0 bridgehead atoms. The van der Waals surface area contributed by atoms with E-state index in [1.165, 1.54) is 31.5 Å². The van der Waals surface area contributed by atoms with Crippen molar-refractivity contribution in [1.82, 2.24) is 9.88 Å². The molecule has 2 heteroatoms. The Kier molecular flexibility index (Phi) is 3.06. The molecule has 2 rings (SSSR count). The van der Waals surface area contributed by atoms with E-state index in [2.05, 4.69) is 42.9 Å². The quantitative estimate of drug-likeness (QED) is 0.698. The molecule has 2 nitrogen and oxygen atoms in total. The Bertz CT molecular complexity index is 326. The zero-order valence-corrected chi connectivity index (χ0v) is 9.95. The molecule has 1 saturated heterocycles. The number of pyridine rings is 1. The van der Waals surface area contributed by atoms with E-state index in [1.807, 2.05) is 0 Å². The molecule has 0 saturated carbocycles. The number of aromatic nitrogens is 1. The van der Waals surface area contributed by atoms with Gasteiger partial charge in [0.1, 0.15) is 0 Å². The highest BCUT2D eigenvalue weighted by atomic mass is 15.1. The maximum atomic E-state index is 4.43. The van der Waals surface area contributed by atoms with Crippen molar-refractivity contribution in [3.05, 3.63) is 29.1 Å². The van der Waals surface area contributed by atoms with Gasteiger partial charge in [-0.05, 0) is 63.9 Å². The van der Waals surface area contributed by atoms with Gasteiger partial charge in [0, 0.05) is 17.9 Å². The van der Waals surface area contributed by atoms with E-state index in [9.17, 15) is 0 Å². The molecule has 1 aromatic rings. The molecule has 1 fully saturated rings. The highest BCUT2D eigenvalue weighted by molar-refractivity contribution is 5.24. The molecule has 1 aliphatic heterocycles. The summed E-state index contributed by atoms with van der Waals surface area (Å²) in [5.41, 5.74) is 3.78. The first-order chi connectivity index (χ1) is 7.15. The normalized spacial score (nSPS) is 23.0. The molecule has 15 heavy (non-hydrogen) atoms. The number of rotatable bonds is 1. The second-order valence-electron chi connectivity index (χ2n) is 4.78. The number of nitrogens with zero attached hydrogens (tertiary/aromatic N) is 2. The highest BCUT2D eigenvalue weighted by Crippen LogP contribution is 2.26. The molecule has 0 radical (unpaired) electrons. The zero-order valence-electron chi connectivity index (χ0n) is 9.95. The number of hydrogen-bond acceptors (Lipinski definition) is 2. The average molecular weight is 204 g/mol. The Balaban J connectivity index is 2.20. The van der Waals surface area contributed by atoms with Crippen molar-refractivity contribution in [2.75, 3.05) is 20.1 Å². The van der Waals surface area contributed by atoms with Gasteiger partial charge in [0.2, 0.25) is 0 Å². The Hall–Kier alpha value is -0.890. The minimum absolute atomic E-state index is 0.712. The van der Waals surface area contributed by atoms with Gasteiger partial charge in [-0.25, -0.2) is 0 Å². The summed E-state index contributed by atoms with van der Waals surface area (Å²) < 4.78 is 0. The monoisotopic (exact) mass is 204 g/mol. The summed E-state index contributed by atoms with van der Waals surface area (Å²) in [6, 6.07) is 4.49. The first kappa shape index (κ1) is 10.6. The molecule has 1 unspecified atom stereocenters. The third kappa shape index (κ3) is 2.57. The third-order valence-corrected chi connectivity index (χ3v) is 3.20. The van der Waals surface area contributed by atoms with Gasteiger partial charge in [-0.15, -0.1) is 0 Å². The van der Waals surface area contributed by atoms with Crippen LogP contribution in [0.1, 0.15) is 35.7 Å². The van der Waals surface area contributed by atoms with Crippen LogP contribution >= 0.6 is 0 Å². The van der Waals surface area contributed by atoms with Crippen LogP contribution in [0.25, 0.3) is 0 Å². The largest absolute Gasteiger partial charge is 0.306 e. The van der Waals surface area contributed by atoms with Gasteiger partial charge >= 0.3 is 0 Å². The van der Waals surface area contributed by atoms with Crippen LogP contribution in [-0.2, 0) is 0 Å². The maximum absolute atomic E-state index is 4.43. The lowest BCUT2D eigenvalue weighted by atomic mass is 9.90. The van der Waals surface area contributed by atoms with Gasteiger partial charge in [0.15, 0.2) is 0 Å². The van der Waals surface area contributed by atoms with Crippen LogP contribution in [0.5, 0.6) is 0 Å². The summed E-state index contributed by atoms with van der Waals surface area (Å²) >= 11 is 0. The molecule has 0 spiro atoms. The van der Waals surface area contributed by atoms with Crippen LogP contribution in [0.15, 0.2) is 12.1 Å². The van der Waals surface area contributed by atoms with E-state index in [0.717, 1.165) is 11.4 Å². The van der Waals surface area contributed by atoms with Crippen LogP contribution in [0.4, 0.5) is 0 Å². The molecule has 2 heterocycles. The van der Waals surface area contributed by atoms with Crippen LogP contribution in [0.2, 0.25) is 0 Å². The minimum atomic E-state index is 0.712. The Morgan fingerprint density at radius 2 is 1.93 bits per heavy atom. The SMILES string of the molecule is Cc1cc(C2CCCN(C)C2)cc(C)n1. The molecule has 0 amide bonds. The Morgan fingerprint density at radius 3 is 2.53 bits per heavy atom. The second kappa shape index (κ2) is 4.31. The average Bonchev–Trinajstić information content (AvgIpc) is 2.16. The van der Waals surface area contributed by atoms with Crippen molar-refractivity contribution in [3.8, 4) is 0 Å². The zero-order chi connectivity index (χ0) is 10.8. The maximum Gasteiger partial charge on any atom is 0.0378 e. The molecule has 0 aliphatic carbocycles. The van der Waals surface area contributed by atoms with Crippen LogP contribution in [0, 0.1) is 13.8 Å². The first-order valence-electron chi connectivity index (χ1n) is 5.79. The third-order valence-electron chi connectivity index (χ3n) is 3.20. The summed E-state index contributed by atoms with van der Waals surface area (Å²) in [6.07, 6.45) is 2.65. The van der Waals surface area contributed by atoms with E-state index < -0.39 is 0 Å². The van der Waals surface area contributed by atoms with Crippen LogP contribution in [0.3, 0.4) is 0 Å². The van der Waals surface area contributed by atoms with Crippen molar-refractivity contribution < 1.29 is 0 Å². The fourth-order valence-corrected chi connectivity index (χ4v) is 2.54. The topological polar surface area (TPSA) is 16.1 Å². The number of likely N-dealkylation sites (tertiary alicyclic amines) is 1. The fourth-order valence-electron chi connectivity index (χ4n) is 2.54. The molecule has 0 N–H and O–H groups in total. The summed E-state index contributed by atoms with van der Waals surface area (Å²) in [5.74, 6) is 0.712. The Labute approximate surface area is 92.3 Å². The van der Waals surface area contributed by atoms with Crippen molar-refractivity contribution in [2.24, 2.45) is 0 Å². The van der Waals surface area contributed by atoms with Gasteiger partial charge in [0.25, 0.3) is 0 Å². The number of hydrogen-bond donors (Lipinski definition) is 0. The minimum Gasteiger partial charge on any atom is -0.306 e. The standard InChI is InChI=1S/C13H20N2/c1-10-7-13(8-11(2)14-10)12-5-4-6-15(3)9-12/h7-8,12H,4-6,9H2,1-3H3. The second-order valence-corrected chi connectivity index (χ2v) is 4.78. The van der Waals surface area contributed by atoms with E-state index in [-0.39, 0.29) is 0 Å². The molecule has 82 valence electrons. The van der Waals surface area contributed by atoms with Gasteiger partial charge in [-0.1, -0.05) is 0 Å². The van der Waals surface area contributed by atoms with Gasteiger partial charge in [-0.2, -0.15) is 0 Å². The van der Waals surface area contributed by atoms with E-state index in [1.54, 1.807) is 0 Å². The molecular weight excluding hydrogens is 184 g/mol. The van der Waals surface area contributed by atoms with Gasteiger partial charge in [-0.3, -0.25) is 4.98 Å². The van der Waals surface area contributed by atoms with E-state index >= 15 is 0 Å². The summed E-state index contributed by atoms with van der Waals surface area (Å²) in [4.78, 5) is 6.86. The highest BCUT2D eigenvalue weighted by Gasteiger charge is 2.19. The lowest BCUT2D eigenvalue weighted by Crippen LogP contribution is -2.30.